The summed E-state index contributed by atoms with van der Waals surface area (Å²) in [6, 6.07) is 16.2. The molecule has 0 radical (unpaired) electrons. The first-order valence-corrected chi connectivity index (χ1v) is 9.73. The summed E-state index contributed by atoms with van der Waals surface area (Å²) >= 11 is 0. The van der Waals surface area contributed by atoms with Crippen LogP contribution < -0.4 is 10.1 Å². The van der Waals surface area contributed by atoms with Gasteiger partial charge in [-0.2, -0.15) is 0 Å². The fraction of sp³-hybridized carbons (Fsp3) is 0.391. The minimum atomic E-state index is -1.00. The summed E-state index contributed by atoms with van der Waals surface area (Å²) in [6.07, 6.45) is 4.42. The second-order valence-electron chi connectivity index (χ2n) is 7.57. The lowest BCUT2D eigenvalue weighted by Gasteiger charge is -2.29. The van der Waals surface area contributed by atoms with Crippen LogP contribution in [0.4, 0.5) is 0 Å². The van der Waals surface area contributed by atoms with Gasteiger partial charge in [0.15, 0.2) is 0 Å². The van der Waals surface area contributed by atoms with Gasteiger partial charge in [0.1, 0.15) is 11.8 Å². The van der Waals surface area contributed by atoms with Crippen LogP contribution in [0, 0.1) is 5.41 Å². The molecule has 3 rings (SSSR count). The number of rotatable bonds is 8. The van der Waals surface area contributed by atoms with Crippen LogP contribution in [0.25, 0.3) is 0 Å². The predicted molar refractivity (Wildman–Crippen MR) is 107 cm³/mol. The second kappa shape index (κ2) is 8.91. The second-order valence-corrected chi connectivity index (χ2v) is 7.57. The topological polar surface area (TPSA) is 75.6 Å². The molecule has 1 saturated carbocycles. The van der Waals surface area contributed by atoms with Gasteiger partial charge >= 0.3 is 5.97 Å². The number of aliphatic carboxylic acids is 1. The van der Waals surface area contributed by atoms with Crippen LogP contribution in [0.1, 0.15) is 36.8 Å². The van der Waals surface area contributed by atoms with Crippen molar-refractivity contribution in [3.05, 3.63) is 65.7 Å². The maximum Gasteiger partial charge on any atom is 0.326 e. The van der Waals surface area contributed by atoms with Crippen molar-refractivity contribution in [2.75, 3.05) is 7.11 Å². The van der Waals surface area contributed by atoms with E-state index >= 15 is 0 Å². The summed E-state index contributed by atoms with van der Waals surface area (Å²) in [4.78, 5) is 25.0. The van der Waals surface area contributed by atoms with Crippen LogP contribution >= 0.6 is 0 Å². The molecule has 5 heteroatoms. The van der Waals surface area contributed by atoms with Gasteiger partial charge in [-0.1, -0.05) is 55.3 Å². The lowest BCUT2D eigenvalue weighted by atomic mass is 9.78. The highest BCUT2D eigenvalue weighted by Gasteiger charge is 2.42. The van der Waals surface area contributed by atoms with E-state index in [1.807, 2.05) is 54.6 Å². The Hall–Kier alpha value is -2.82. The van der Waals surface area contributed by atoms with Gasteiger partial charge in [-0.15, -0.1) is 0 Å². The van der Waals surface area contributed by atoms with Gasteiger partial charge in [0.25, 0.3) is 0 Å². The highest BCUT2D eigenvalue weighted by molar-refractivity contribution is 5.88. The Balaban J connectivity index is 1.74. The molecule has 0 saturated heterocycles. The monoisotopic (exact) mass is 381 g/mol. The minimum absolute atomic E-state index is 0.149. The zero-order valence-electron chi connectivity index (χ0n) is 16.2. The Kier molecular flexibility index (Phi) is 6.34. The van der Waals surface area contributed by atoms with Crippen LogP contribution in [0.15, 0.2) is 54.6 Å². The van der Waals surface area contributed by atoms with Crippen LogP contribution in [-0.2, 0) is 22.4 Å². The SMILES string of the molecule is COc1ccc(CC2(C(=O)N[C@@H](Cc3ccccc3)C(=O)O)CCCC2)cc1. The molecule has 2 aromatic rings. The van der Waals surface area contributed by atoms with Crippen molar-refractivity contribution in [3.63, 3.8) is 0 Å². The number of nitrogens with one attached hydrogen (secondary N) is 1. The van der Waals surface area contributed by atoms with Gasteiger partial charge in [-0.25, -0.2) is 4.79 Å². The van der Waals surface area contributed by atoms with Crippen molar-refractivity contribution in [2.24, 2.45) is 5.41 Å². The fourth-order valence-corrected chi connectivity index (χ4v) is 4.03. The smallest absolute Gasteiger partial charge is 0.326 e. The molecule has 1 fully saturated rings. The Bertz CT molecular complexity index is 795. The van der Waals surface area contributed by atoms with E-state index in [-0.39, 0.29) is 12.3 Å². The molecule has 2 aromatic carbocycles. The van der Waals surface area contributed by atoms with E-state index in [2.05, 4.69) is 5.32 Å². The van der Waals surface area contributed by atoms with E-state index in [0.717, 1.165) is 42.6 Å². The largest absolute Gasteiger partial charge is 0.497 e. The summed E-state index contributed by atoms with van der Waals surface area (Å²) in [5, 5.41) is 12.5. The van der Waals surface area contributed by atoms with Gasteiger partial charge in [-0.3, -0.25) is 4.79 Å². The third-order valence-electron chi connectivity index (χ3n) is 5.63. The average Bonchev–Trinajstić information content (AvgIpc) is 3.18. The number of amides is 1. The number of methoxy groups -OCH3 is 1. The quantitative estimate of drug-likeness (QED) is 0.732. The Morgan fingerprint density at radius 1 is 1.04 bits per heavy atom. The molecule has 0 aliphatic heterocycles. The number of hydrogen-bond acceptors (Lipinski definition) is 3. The zero-order chi connectivity index (χ0) is 20.0. The molecule has 0 aromatic heterocycles. The van der Waals surface area contributed by atoms with Crippen LogP contribution in [0.3, 0.4) is 0 Å². The standard InChI is InChI=1S/C23H27NO4/c1-28-19-11-9-18(10-12-19)16-23(13-5-6-14-23)22(27)24-20(21(25)26)15-17-7-3-2-4-8-17/h2-4,7-12,20H,5-6,13-16H2,1H3,(H,24,27)(H,25,26)/t20-/m0/s1. The number of carbonyl (C=O) groups excluding carboxylic acids is 1. The molecule has 1 amide bonds. The number of hydrogen-bond donors (Lipinski definition) is 2. The summed E-state index contributed by atoms with van der Waals surface area (Å²) in [7, 11) is 1.62. The molecule has 148 valence electrons. The van der Waals surface area contributed by atoms with Crippen molar-refractivity contribution in [2.45, 2.75) is 44.6 Å². The van der Waals surface area contributed by atoms with Gasteiger partial charge in [0.05, 0.1) is 12.5 Å². The van der Waals surface area contributed by atoms with Crippen LogP contribution in [-0.4, -0.2) is 30.1 Å². The van der Waals surface area contributed by atoms with E-state index in [0.29, 0.717) is 6.42 Å². The molecule has 0 spiro atoms. The lowest BCUT2D eigenvalue weighted by molar-refractivity contribution is -0.143. The number of benzene rings is 2. The van der Waals surface area contributed by atoms with E-state index in [1.165, 1.54) is 0 Å². The van der Waals surface area contributed by atoms with Gasteiger partial charge in [-0.05, 0) is 42.5 Å². The van der Waals surface area contributed by atoms with Crippen molar-refractivity contribution < 1.29 is 19.4 Å². The fourth-order valence-electron chi connectivity index (χ4n) is 4.03. The summed E-state index contributed by atoms with van der Waals surface area (Å²) in [6.45, 7) is 0. The number of carboxylic acid groups (broad SMARTS) is 1. The first-order valence-electron chi connectivity index (χ1n) is 9.73. The third kappa shape index (κ3) is 4.71. The molecule has 0 heterocycles. The molecule has 0 unspecified atom stereocenters. The molecule has 1 aliphatic carbocycles. The van der Waals surface area contributed by atoms with Crippen LogP contribution in [0.2, 0.25) is 0 Å². The van der Waals surface area contributed by atoms with Gasteiger partial charge in [0.2, 0.25) is 5.91 Å². The highest BCUT2D eigenvalue weighted by atomic mass is 16.5. The molecule has 5 nitrogen and oxygen atoms in total. The van der Waals surface area contributed by atoms with Crippen molar-refractivity contribution in [1.29, 1.82) is 0 Å². The minimum Gasteiger partial charge on any atom is -0.497 e. The molecule has 2 N–H and O–H groups in total. The first-order chi connectivity index (χ1) is 13.5. The van der Waals surface area contributed by atoms with Crippen molar-refractivity contribution >= 4 is 11.9 Å². The number of carbonyl (C=O) groups is 2. The third-order valence-corrected chi connectivity index (χ3v) is 5.63. The van der Waals surface area contributed by atoms with E-state index < -0.39 is 17.4 Å². The van der Waals surface area contributed by atoms with Gasteiger partial charge in [0, 0.05) is 6.42 Å². The van der Waals surface area contributed by atoms with Crippen molar-refractivity contribution in [1.82, 2.24) is 5.32 Å². The molecule has 0 bridgehead atoms. The average molecular weight is 381 g/mol. The number of ether oxygens (including phenoxy) is 1. The lowest BCUT2D eigenvalue weighted by Crippen LogP contribution is -2.49. The van der Waals surface area contributed by atoms with E-state index in [4.69, 9.17) is 4.74 Å². The Morgan fingerprint density at radius 2 is 1.68 bits per heavy atom. The first kappa shape index (κ1) is 19.9. The summed E-state index contributed by atoms with van der Waals surface area (Å²) < 4.78 is 5.20. The normalized spacial score (nSPS) is 16.3. The highest BCUT2D eigenvalue weighted by Crippen LogP contribution is 2.41. The molecular weight excluding hydrogens is 354 g/mol. The summed E-state index contributed by atoms with van der Waals surface area (Å²) in [5.74, 6) is -0.374. The van der Waals surface area contributed by atoms with E-state index in [1.54, 1.807) is 7.11 Å². The molecule has 28 heavy (non-hydrogen) atoms. The summed E-state index contributed by atoms with van der Waals surface area (Å²) in [5.41, 5.74) is 1.41. The Labute approximate surface area is 165 Å². The molecule has 1 aliphatic rings. The molecule has 1 atom stereocenters. The van der Waals surface area contributed by atoms with Crippen LogP contribution in [0.5, 0.6) is 5.75 Å². The number of carboxylic acids is 1. The van der Waals surface area contributed by atoms with Gasteiger partial charge < -0.3 is 15.2 Å². The predicted octanol–water partition coefficient (Wildman–Crippen LogP) is 3.61. The zero-order valence-corrected chi connectivity index (χ0v) is 16.2. The van der Waals surface area contributed by atoms with Crippen molar-refractivity contribution in [3.8, 4) is 5.75 Å². The molecular formula is C23H27NO4. The van der Waals surface area contributed by atoms with E-state index in [9.17, 15) is 14.7 Å². The maximum atomic E-state index is 13.2. The maximum absolute atomic E-state index is 13.2. The Morgan fingerprint density at radius 3 is 2.25 bits per heavy atom.